The number of pyridine rings is 1. The Bertz CT molecular complexity index is 671. The summed E-state index contributed by atoms with van der Waals surface area (Å²) in [5, 5.41) is 11.8. The molecule has 0 aliphatic rings. The number of amides is 1. The third kappa shape index (κ3) is 4.32. The summed E-state index contributed by atoms with van der Waals surface area (Å²) in [7, 11) is 1.60. The Morgan fingerprint density at radius 1 is 1.36 bits per heavy atom. The number of anilines is 1. The van der Waals surface area contributed by atoms with Crippen LogP contribution in [-0.2, 0) is 11.3 Å². The highest BCUT2D eigenvalue weighted by atomic mass is 16.5. The summed E-state index contributed by atoms with van der Waals surface area (Å²) in [5.41, 5.74) is 4.24. The van der Waals surface area contributed by atoms with Crippen LogP contribution >= 0.6 is 0 Å². The van der Waals surface area contributed by atoms with Crippen molar-refractivity contribution in [1.29, 1.82) is 0 Å². The van der Waals surface area contributed by atoms with E-state index in [4.69, 9.17) is 9.94 Å². The van der Waals surface area contributed by atoms with Crippen molar-refractivity contribution >= 4 is 17.7 Å². The number of rotatable bonds is 6. The minimum absolute atomic E-state index is 0.571. The number of carbonyl (C=O) groups excluding carboxylic acids is 1. The molecule has 3 N–H and O–H groups in total. The van der Waals surface area contributed by atoms with E-state index in [-0.39, 0.29) is 0 Å². The van der Waals surface area contributed by atoms with Crippen LogP contribution in [0.25, 0.3) is 6.08 Å². The smallest absolute Gasteiger partial charge is 0.267 e. The van der Waals surface area contributed by atoms with E-state index in [9.17, 15) is 4.79 Å². The summed E-state index contributed by atoms with van der Waals surface area (Å²) in [6.45, 7) is 0.571. The maximum absolute atomic E-state index is 11.1. The van der Waals surface area contributed by atoms with E-state index >= 15 is 0 Å². The Morgan fingerprint density at radius 3 is 2.95 bits per heavy atom. The van der Waals surface area contributed by atoms with Gasteiger partial charge in [0.2, 0.25) is 0 Å². The van der Waals surface area contributed by atoms with Crippen LogP contribution in [0.15, 0.2) is 48.8 Å². The Labute approximate surface area is 128 Å². The van der Waals surface area contributed by atoms with E-state index in [0.717, 1.165) is 16.8 Å². The van der Waals surface area contributed by atoms with Gasteiger partial charge in [0.05, 0.1) is 13.3 Å². The molecule has 0 saturated heterocycles. The lowest BCUT2D eigenvalue weighted by Crippen LogP contribution is -2.14. The van der Waals surface area contributed by atoms with Crippen molar-refractivity contribution in [1.82, 2.24) is 10.5 Å². The van der Waals surface area contributed by atoms with Crippen molar-refractivity contribution in [3.63, 3.8) is 0 Å². The van der Waals surface area contributed by atoms with Crippen LogP contribution in [-0.4, -0.2) is 23.2 Å². The van der Waals surface area contributed by atoms with Crippen LogP contribution in [0, 0.1) is 0 Å². The number of nitrogens with zero attached hydrogens (tertiary/aromatic N) is 1. The first-order valence-electron chi connectivity index (χ1n) is 6.66. The number of methoxy groups -OCH3 is 1. The van der Waals surface area contributed by atoms with Gasteiger partial charge in [0.15, 0.2) is 0 Å². The molecule has 0 unspecified atom stereocenters. The van der Waals surface area contributed by atoms with Crippen LogP contribution in [0.3, 0.4) is 0 Å². The summed E-state index contributed by atoms with van der Waals surface area (Å²) in [6, 6.07) is 9.44. The summed E-state index contributed by atoms with van der Waals surface area (Å²) >= 11 is 0. The summed E-state index contributed by atoms with van der Waals surface area (Å²) in [5.74, 6) is 0.124. The standard InChI is InChI=1S/C16H17N3O3/c1-22-14-8-12(9-17-11-14)10-18-15-5-3-2-4-13(15)6-7-16(20)19-21/h2-9,11,18,21H,10H2,1H3,(H,19,20)/b7-6+. The maximum atomic E-state index is 11.1. The lowest BCUT2D eigenvalue weighted by molar-refractivity contribution is -0.124. The molecule has 1 amide bonds. The first kappa shape index (κ1) is 15.5. The second-order valence-corrected chi connectivity index (χ2v) is 4.48. The molecule has 6 heteroatoms. The highest BCUT2D eigenvalue weighted by molar-refractivity contribution is 5.91. The lowest BCUT2D eigenvalue weighted by atomic mass is 10.1. The number of benzene rings is 1. The quantitative estimate of drug-likeness (QED) is 0.433. The summed E-state index contributed by atoms with van der Waals surface area (Å²) < 4.78 is 5.14. The minimum atomic E-state index is -0.577. The zero-order chi connectivity index (χ0) is 15.8. The monoisotopic (exact) mass is 299 g/mol. The number of hydrogen-bond acceptors (Lipinski definition) is 5. The van der Waals surface area contributed by atoms with Crippen molar-refractivity contribution in [2.75, 3.05) is 12.4 Å². The second kappa shape index (κ2) is 7.80. The number of hydroxylamine groups is 1. The number of nitrogens with one attached hydrogen (secondary N) is 2. The third-order valence-electron chi connectivity index (χ3n) is 2.97. The van der Waals surface area contributed by atoms with Crippen LogP contribution in [0.4, 0.5) is 5.69 Å². The van der Waals surface area contributed by atoms with E-state index in [1.807, 2.05) is 30.3 Å². The van der Waals surface area contributed by atoms with E-state index in [2.05, 4.69) is 10.3 Å². The zero-order valence-electron chi connectivity index (χ0n) is 12.1. The van der Waals surface area contributed by atoms with Gasteiger partial charge < -0.3 is 10.1 Å². The summed E-state index contributed by atoms with van der Waals surface area (Å²) in [6.07, 6.45) is 6.28. The molecule has 0 spiro atoms. The number of aromatic nitrogens is 1. The fourth-order valence-electron chi connectivity index (χ4n) is 1.88. The van der Waals surface area contributed by atoms with Gasteiger partial charge in [-0.05, 0) is 29.3 Å². The molecule has 0 saturated carbocycles. The van der Waals surface area contributed by atoms with Crippen molar-refractivity contribution in [2.24, 2.45) is 0 Å². The molecule has 0 bridgehead atoms. The molecule has 1 aromatic heterocycles. The van der Waals surface area contributed by atoms with Crippen molar-refractivity contribution < 1.29 is 14.7 Å². The van der Waals surface area contributed by atoms with Crippen LogP contribution in [0.1, 0.15) is 11.1 Å². The average Bonchev–Trinajstić information content (AvgIpc) is 2.58. The molecule has 2 rings (SSSR count). The molecule has 1 heterocycles. The number of para-hydroxylation sites is 1. The molecule has 2 aromatic rings. The second-order valence-electron chi connectivity index (χ2n) is 4.48. The molecule has 0 aliphatic heterocycles. The van der Waals surface area contributed by atoms with Gasteiger partial charge in [-0.2, -0.15) is 0 Å². The van der Waals surface area contributed by atoms with Gasteiger partial charge >= 0.3 is 0 Å². The Kier molecular flexibility index (Phi) is 5.50. The Balaban J connectivity index is 2.09. The van der Waals surface area contributed by atoms with Gasteiger partial charge in [-0.25, -0.2) is 5.48 Å². The molecule has 22 heavy (non-hydrogen) atoms. The van der Waals surface area contributed by atoms with E-state index in [1.54, 1.807) is 31.1 Å². The summed E-state index contributed by atoms with van der Waals surface area (Å²) in [4.78, 5) is 15.2. The van der Waals surface area contributed by atoms with Gasteiger partial charge in [-0.15, -0.1) is 0 Å². The molecular formula is C16H17N3O3. The average molecular weight is 299 g/mol. The van der Waals surface area contributed by atoms with Gasteiger partial charge in [0.1, 0.15) is 5.75 Å². The van der Waals surface area contributed by atoms with Crippen LogP contribution < -0.4 is 15.5 Å². The van der Waals surface area contributed by atoms with Crippen molar-refractivity contribution in [2.45, 2.75) is 6.54 Å². The largest absolute Gasteiger partial charge is 0.495 e. The van der Waals surface area contributed by atoms with Crippen LogP contribution in [0.2, 0.25) is 0 Å². The Morgan fingerprint density at radius 2 is 2.18 bits per heavy atom. The number of carbonyl (C=O) groups is 1. The van der Waals surface area contributed by atoms with E-state index in [1.165, 1.54) is 6.08 Å². The molecule has 1 aromatic carbocycles. The zero-order valence-corrected chi connectivity index (χ0v) is 12.1. The third-order valence-corrected chi connectivity index (χ3v) is 2.97. The topological polar surface area (TPSA) is 83.5 Å². The highest BCUT2D eigenvalue weighted by Crippen LogP contribution is 2.18. The van der Waals surface area contributed by atoms with Gasteiger partial charge in [-0.1, -0.05) is 18.2 Å². The predicted molar refractivity (Wildman–Crippen MR) is 83.5 cm³/mol. The fourth-order valence-corrected chi connectivity index (χ4v) is 1.88. The minimum Gasteiger partial charge on any atom is -0.495 e. The van der Waals surface area contributed by atoms with E-state index < -0.39 is 5.91 Å². The molecule has 6 nitrogen and oxygen atoms in total. The highest BCUT2D eigenvalue weighted by Gasteiger charge is 2.01. The predicted octanol–water partition coefficient (Wildman–Crippen LogP) is 2.22. The van der Waals surface area contributed by atoms with Crippen LogP contribution in [0.5, 0.6) is 5.75 Å². The SMILES string of the molecule is COc1cncc(CNc2ccccc2/C=C/C(=O)NO)c1. The van der Waals surface area contributed by atoms with Crippen molar-refractivity contribution in [3.8, 4) is 5.75 Å². The molecule has 0 aliphatic carbocycles. The maximum Gasteiger partial charge on any atom is 0.267 e. The lowest BCUT2D eigenvalue weighted by Gasteiger charge is -2.10. The van der Waals surface area contributed by atoms with Gasteiger partial charge in [-0.3, -0.25) is 15.0 Å². The van der Waals surface area contributed by atoms with E-state index in [0.29, 0.717) is 12.3 Å². The first-order chi connectivity index (χ1) is 10.7. The molecule has 0 atom stereocenters. The number of hydrogen-bond donors (Lipinski definition) is 3. The normalized spacial score (nSPS) is 10.5. The first-order valence-corrected chi connectivity index (χ1v) is 6.66. The number of ether oxygens (including phenoxy) is 1. The molecular weight excluding hydrogens is 282 g/mol. The molecule has 0 fully saturated rings. The fraction of sp³-hybridized carbons (Fsp3) is 0.125. The van der Waals surface area contributed by atoms with Crippen molar-refractivity contribution in [3.05, 3.63) is 59.9 Å². The van der Waals surface area contributed by atoms with Gasteiger partial charge in [0, 0.05) is 24.5 Å². The molecule has 114 valence electrons. The Hall–Kier alpha value is -2.86. The van der Waals surface area contributed by atoms with Gasteiger partial charge in [0.25, 0.3) is 5.91 Å². The molecule has 0 radical (unpaired) electrons.